The number of rotatable bonds is 10. The lowest BCUT2D eigenvalue weighted by Gasteiger charge is -2.17. The standard InChI is InChI=1S/C20H24N4O4S3/c1-23(10-5-12-28-15-6-3-7-16(14-15)31(2,26)27)18(25)9-11-24-19(21-22-20(24)29)17-8-4-13-30-17/h3-4,6-8,13-14H,5,9-12H2,1-2H3,(H,22,29). The number of carbonyl (C=O) groups excluding carboxylic acids is 1. The Balaban J connectivity index is 1.46. The Morgan fingerprint density at radius 2 is 2.13 bits per heavy atom. The van der Waals surface area contributed by atoms with E-state index < -0.39 is 9.84 Å². The fourth-order valence-electron chi connectivity index (χ4n) is 2.93. The molecule has 31 heavy (non-hydrogen) atoms. The normalized spacial score (nSPS) is 11.4. The minimum atomic E-state index is -3.27. The number of aromatic amines is 1. The van der Waals surface area contributed by atoms with E-state index in [0.717, 1.165) is 17.0 Å². The number of carbonyl (C=O) groups is 1. The number of hydrogen-bond acceptors (Lipinski definition) is 7. The molecule has 0 bridgehead atoms. The molecule has 0 aliphatic carbocycles. The minimum Gasteiger partial charge on any atom is -0.493 e. The van der Waals surface area contributed by atoms with Crippen LogP contribution in [-0.4, -0.2) is 60.4 Å². The first kappa shape index (κ1) is 23.2. The van der Waals surface area contributed by atoms with E-state index in [-0.39, 0.29) is 10.8 Å². The van der Waals surface area contributed by atoms with Crippen LogP contribution in [0.1, 0.15) is 12.8 Å². The van der Waals surface area contributed by atoms with Crippen LogP contribution in [0.15, 0.2) is 46.7 Å². The van der Waals surface area contributed by atoms with Crippen molar-refractivity contribution in [2.45, 2.75) is 24.3 Å². The van der Waals surface area contributed by atoms with Crippen molar-refractivity contribution in [3.8, 4) is 16.5 Å². The van der Waals surface area contributed by atoms with Gasteiger partial charge in [-0.05, 0) is 48.3 Å². The van der Waals surface area contributed by atoms with Crippen molar-refractivity contribution in [2.24, 2.45) is 0 Å². The van der Waals surface area contributed by atoms with Gasteiger partial charge >= 0.3 is 0 Å². The second kappa shape index (κ2) is 10.2. The molecule has 0 aliphatic heterocycles. The molecule has 2 heterocycles. The molecule has 2 aromatic heterocycles. The van der Waals surface area contributed by atoms with Gasteiger partial charge in [0.15, 0.2) is 20.4 Å². The summed E-state index contributed by atoms with van der Waals surface area (Å²) < 4.78 is 31.2. The molecule has 0 saturated heterocycles. The van der Waals surface area contributed by atoms with Gasteiger partial charge in [-0.3, -0.25) is 14.5 Å². The molecule has 3 rings (SSSR count). The molecule has 0 atom stereocenters. The Morgan fingerprint density at radius 1 is 1.32 bits per heavy atom. The van der Waals surface area contributed by atoms with Crippen LogP contribution < -0.4 is 4.74 Å². The molecule has 0 aliphatic rings. The van der Waals surface area contributed by atoms with Gasteiger partial charge in [0, 0.05) is 32.8 Å². The summed E-state index contributed by atoms with van der Waals surface area (Å²) in [4.78, 5) is 15.4. The van der Waals surface area contributed by atoms with Crippen LogP contribution in [0.25, 0.3) is 10.7 Å². The van der Waals surface area contributed by atoms with Crippen molar-refractivity contribution in [2.75, 3.05) is 26.5 Å². The number of aromatic nitrogens is 3. The molecule has 0 spiro atoms. The highest BCUT2D eigenvalue weighted by Gasteiger charge is 2.14. The zero-order chi connectivity index (χ0) is 22.4. The molecule has 8 nitrogen and oxygen atoms in total. The Bertz CT molecular complexity index is 1180. The van der Waals surface area contributed by atoms with Crippen LogP contribution >= 0.6 is 23.6 Å². The van der Waals surface area contributed by atoms with Crippen LogP contribution in [0.3, 0.4) is 0 Å². The molecule has 0 unspecified atom stereocenters. The van der Waals surface area contributed by atoms with Crippen LogP contribution in [0, 0.1) is 4.77 Å². The number of sulfone groups is 1. The summed E-state index contributed by atoms with van der Waals surface area (Å²) in [7, 11) is -1.52. The maximum Gasteiger partial charge on any atom is 0.224 e. The smallest absolute Gasteiger partial charge is 0.224 e. The fourth-order valence-corrected chi connectivity index (χ4v) is 4.53. The van der Waals surface area contributed by atoms with Crippen LogP contribution in [0.5, 0.6) is 5.75 Å². The molecule has 0 saturated carbocycles. The van der Waals surface area contributed by atoms with E-state index in [1.807, 2.05) is 22.1 Å². The summed E-state index contributed by atoms with van der Waals surface area (Å²) in [5.41, 5.74) is 0. The van der Waals surface area contributed by atoms with Crippen molar-refractivity contribution >= 4 is 39.3 Å². The predicted octanol–water partition coefficient (Wildman–Crippen LogP) is 3.39. The van der Waals surface area contributed by atoms with Crippen molar-refractivity contribution < 1.29 is 17.9 Å². The summed E-state index contributed by atoms with van der Waals surface area (Å²) >= 11 is 6.86. The molecular formula is C20H24N4O4S3. The number of amides is 1. The number of benzene rings is 1. The average Bonchev–Trinajstić information content (AvgIpc) is 3.38. The number of ether oxygens (including phenoxy) is 1. The summed E-state index contributed by atoms with van der Waals surface area (Å²) in [5.74, 6) is 1.23. The van der Waals surface area contributed by atoms with Gasteiger partial charge in [-0.2, -0.15) is 5.10 Å². The monoisotopic (exact) mass is 480 g/mol. The molecule has 166 valence electrons. The molecule has 1 aromatic carbocycles. The fraction of sp³-hybridized carbons (Fsp3) is 0.350. The van der Waals surface area contributed by atoms with Crippen molar-refractivity contribution in [3.05, 3.63) is 46.5 Å². The highest BCUT2D eigenvalue weighted by Crippen LogP contribution is 2.23. The van der Waals surface area contributed by atoms with Gasteiger partial charge in [-0.1, -0.05) is 12.1 Å². The Labute approximate surface area is 190 Å². The zero-order valence-corrected chi connectivity index (χ0v) is 19.7. The van der Waals surface area contributed by atoms with Crippen molar-refractivity contribution in [1.29, 1.82) is 0 Å². The highest BCUT2D eigenvalue weighted by atomic mass is 32.2. The first-order valence-corrected chi connectivity index (χ1v) is 12.8. The summed E-state index contributed by atoms with van der Waals surface area (Å²) in [5, 5.41) is 9.03. The second-order valence-corrected chi connectivity index (χ2v) is 10.3. The lowest BCUT2D eigenvalue weighted by Crippen LogP contribution is -2.29. The van der Waals surface area contributed by atoms with E-state index in [4.69, 9.17) is 17.0 Å². The number of thiophene rings is 1. The number of nitrogens with one attached hydrogen (secondary N) is 1. The van der Waals surface area contributed by atoms with Crippen LogP contribution in [0.2, 0.25) is 0 Å². The maximum atomic E-state index is 12.5. The van der Waals surface area contributed by atoms with E-state index >= 15 is 0 Å². The lowest BCUT2D eigenvalue weighted by molar-refractivity contribution is -0.130. The minimum absolute atomic E-state index is 0.000645. The van der Waals surface area contributed by atoms with Gasteiger partial charge in [0.1, 0.15) is 5.75 Å². The average molecular weight is 481 g/mol. The third-order valence-electron chi connectivity index (χ3n) is 4.62. The third kappa shape index (κ3) is 6.25. The van der Waals surface area contributed by atoms with Crippen molar-refractivity contribution in [1.82, 2.24) is 19.7 Å². The second-order valence-electron chi connectivity index (χ2n) is 7.00. The quantitative estimate of drug-likeness (QED) is 0.353. The SMILES string of the molecule is CN(CCCOc1cccc(S(C)(=O)=O)c1)C(=O)CCn1c(-c2cccs2)n[nH]c1=S. The molecule has 1 amide bonds. The Kier molecular flexibility index (Phi) is 7.63. The van der Waals surface area contributed by atoms with Gasteiger partial charge in [-0.15, -0.1) is 11.3 Å². The molecule has 1 N–H and O–H groups in total. The first-order chi connectivity index (χ1) is 14.8. The van der Waals surface area contributed by atoms with E-state index in [9.17, 15) is 13.2 Å². The number of nitrogens with zero attached hydrogens (tertiary/aromatic N) is 3. The summed E-state index contributed by atoms with van der Waals surface area (Å²) in [6, 6.07) is 10.3. The van der Waals surface area contributed by atoms with E-state index in [1.165, 1.54) is 12.1 Å². The lowest BCUT2D eigenvalue weighted by atomic mass is 10.3. The highest BCUT2D eigenvalue weighted by molar-refractivity contribution is 7.90. The van der Waals surface area contributed by atoms with Gasteiger partial charge in [-0.25, -0.2) is 8.42 Å². The van der Waals surface area contributed by atoms with E-state index in [2.05, 4.69) is 10.2 Å². The molecule has 0 fully saturated rings. The van der Waals surface area contributed by atoms with Crippen molar-refractivity contribution in [3.63, 3.8) is 0 Å². The molecule has 11 heteroatoms. The molecule has 3 aromatic rings. The summed E-state index contributed by atoms with van der Waals surface area (Å²) in [6.45, 7) is 1.35. The van der Waals surface area contributed by atoms with Crippen LogP contribution in [0.4, 0.5) is 0 Å². The first-order valence-electron chi connectivity index (χ1n) is 9.61. The Hall–Kier alpha value is -2.50. The molecule has 0 radical (unpaired) electrons. The largest absolute Gasteiger partial charge is 0.493 e. The Morgan fingerprint density at radius 3 is 2.84 bits per heavy atom. The van der Waals surface area contributed by atoms with E-state index in [1.54, 1.807) is 35.4 Å². The molecular weight excluding hydrogens is 456 g/mol. The predicted molar refractivity (Wildman–Crippen MR) is 123 cm³/mol. The summed E-state index contributed by atoms with van der Waals surface area (Å²) in [6.07, 6.45) is 2.09. The number of H-pyrrole nitrogens is 1. The van der Waals surface area contributed by atoms with Gasteiger partial charge < -0.3 is 9.64 Å². The number of hydrogen-bond donors (Lipinski definition) is 1. The topological polar surface area (TPSA) is 97.3 Å². The van der Waals surface area contributed by atoms with Gasteiger partial charge in [0.05, 0.1) is 16.4 Å². The maximum absolute atomic E-state index is 12.5. The van der Waals surface area contributed by atoms with Gasteiger partial charge in [0.2, 0.25) is 5.91 Å². The third-order valence-corrected chi connectivity index (χ3v) is 6.90. The van der Waals surface area contributed by atoms with E-state index in [0.29, 0.717) is 43.1 Å². The zero-order valence-electron chi connectivity index (χ0n) is 17.3. The van der Waals surface area contributed by atoms with Gasteiger partial charge in [0.25, 0.3) is 0 Å². The van der Waals surface area contributed by atoms with Crippen LogP contribution in [-0.2, 0) is 21.2 Å².